The number of alkyl halides is 9. The maximum absolute atomic E-state index is 13.7. The van der Waals surface area contributed by atoms with Crippen molar-refractivity contribution in [3.8, 4) is 0 Å². The predicted molar refractivity (Wildman–Crippen MR) is 123 cm³/mol. The number of Topliss-reactive ketones (excluding diaryl/α,β-unsaturated/α-hetero) is 1. The topological polar surface area (TPSA) is 46.2 Å². The zero-order valence-corrected chi connectivity index (χ0v) is 20.7. The van der Waals surface area contributed by atoms with E-state index in [2.05, 4.69) is 0 Å². The highest BCUT2D eigenvalue weighted by Crippen LogP contribution is 2.39. The highest BCUT2D eigenvalue weighted by molar-refractivity contribution is 6.34. The second-order valence-electron chi connectivity index (χ2n) is 8.25. The maximum atomic E-state index is 13.7. The third-order valence-electron chi connectivity index (χ3n) is 5.13. The van der Waals surface area contributed by atoms with E-state index >= 15 is 0 Å². The molecule has 0 bridgehead atoms. The summed E-state index contributed by atoms with van der Waals surface area (Å²) < 4.78 is 119. The summed E-state index contributed by atoms with van der Waals surface area (Å²) in [7, 11) is 0. The third-order valence-corrected chi connectivity index (χ3v) is 5.57. The number of ketones is 1. The molecule has 2 aromatic carbocycles. The van der Waals surface area contributed by atoms with Crippen LogP contribution in [0.2, 0.25) is 10.0 Å². The van der Waals surface area contributed by atoms with E-state index in [0.29, 0.717) is 12.1 Å². The number of carbonyl (C=O) groups is 2. The maximum Gasteiger partial charge on any atom is 0.417 e. The van der Waals surface area contributed by atoms with Crippen LogP contribution in [0.4, 0.5) is 39.5 Å². The largest absolute Gasteiger partial charge is 0.417 e. The second-order valence-corrected chi connectivity index (χ2v) is 9.12. The lowest BCUT2D eigenvalue weighted by Gasteiger charge is -2.18. The lowest BCUT2D eigenvalue weighted by atomic mass is 9.93. The third kappa shape index (κ3) is 9.23. The Morgan fingerprint density at radius 2 is 1.50 bits per heavy atom. The molecule has 2 aromatic rings. The van der Waals surface area contributed by atoms with Crippen molar-refractivity contribution >= 4 is 41.0 Å². The molecule has 2 atom stereocenters. The van der Waals surface area contributed by atoms with E-state index in [4.69, 9.17) is 23.2 Å². The van der Waals surface area contributed by atoms with Crippen LogP contribution in [0.25, 0.3) is 6.08 Å². The SMILES string of the molecule is C[C@@H](CC(=O)c1ccc(/C=C/C(c2cc(Cl)cc(Cl)c2)C(F)(F)F)cc1C(F)(F)F)C(=O)NCC(F)(F)F. The molecule has 38 heavy (non-hydrogen) atoms. The van der Waals surface area contributed by atoms with E-state index in [-0.39, 0.29) is 21.2 Å². The van der Waals surface area contributed by atoms with Gasteiger partial charge in [-0.25, -0.2) is 0 Å². The predicted octanol–water partition coefficient (Wildman–Crippen LogP) is 8.26. The Morgan fingerprint density at radius 1 is 0.921 bits per heavy atom. The smallest absolute Gasteiger partial charge is 0.347 e. The summed E-state index contributed by atoms with van der Waals surface area (Å²) in [5.74, 6) is -6.04. The van der Waals surface area contributed by atoms with Crippen molar-refractivity contribution < 1.29 is 49.1 Å². The Balaban J connectivity index is 2.35. The molecule has 1 amide bonds. The Labute approximate surface area is 220 Å². The zero-order chi connectivity index (χ0) is 29.1. The summed E-state index contributed by atoms with van der Waals surface area (Å²) >= 11 is 11.5. The van der Waals surface area contributed by atoms with Crippen LogP contribution in [0.1, 0.15) is 46.3 Å². The quantitative estimate of drug-likeness (QED) is 0.247. The van der Waals surface area contributed by atoms with Gasteiger partial charge < -0.3 is 5.32 Å². The van der Waals surface area contributed by atoms with Gasteiger partial charge in [-0.15, -0.1) is 0 Å². The van der Waals surface area contributed by atoms with Crippen molar-refractivity contribution in [1.82, 2.24) is 5.32 Å². The van der Waals surface area contributed by atoms with Crippen LogP contribution in [-0.4, -0.2) is 30.6 Å². The molecule has 0 saturated heterocycles. The van der Waals surface area contributed by atoms with Gasteiger partial charge in [0, 0.05) is 27.9 Å². The number of hydrogen-bond acceptors (Lipinski definition) is 2. The lowest BCUT2D eigenvalue weighted by molar-refractivity contribution is -0.140. The normalized spacial score (nSPS) is 14.4. The molecule has 0 radical (unpaired) electrons. The van der Waals surface area contributed by atoms with Gasteiger partial charge >= 0.3 is 18.5 Å². The molecule has 0 saturated carbocycles. The summed E-state index contributed by atoms with van der Waals surface area (Å²) in [5, 5.41) is 1.37. The van der Waals surface area contributed by atoms with Gasteiger partial charge in [-0.1, -0.05) is 54.4 Å². The van der Waals surface area contributed by atoms with Crippen LogP contribution < -0.4 is 5.32 Å². The molecule has 0 heterocycles. The molecule has 2 rings (SSSR count). The van der Waals surface area contributed by atoms with Gasteiger partial charge in [0.1, 0.15) is 6.54 Å². The number of hydrogen-bond donors (Lipinski definition) is 1. The Kier molecular flexibility index (Phi) is 9.93. The average Bonchev–Trinajstić information content (AvgIpc) is 2.74. The van der Waals surface area contributed by atoms with Crippen molar-refractivity contribution in [1.29, 1.82) is 0 Å². The van der Waals surface area contributed by atoms with Gasteiger partial charge in [0.25, 0.3) is 0 Å². The van der Waals surface area contributed by atoms with E-state index < -0.39 is 66.1 Å². The van der Waals surface area contributed by atoms with Gasteiger partial charge in [-0.3, -0.25) is 9.59 Å². The van der Waals surface area contributed by atoms with Crippen LogP contribution in [-0.2, 0) is 11.0 Å². The Bertz CT molecular complexity index is 1180. The Morgan fingerprint density at radius 3 is 2.00 bits per heavy atom. The Hall–Kier alpha value is -2.73. The van der Waals surface area contributed by atoms with Crippen LogP contribution in [0.3, 0.4) is 0 Å². The van der Waals surface area contributed by atoms with Crippen LogP contribution >= 0.6 is 23.2 Å². The fourth-order valence-electron chi connectivity index (χ4n) is 3.36. The summed E-state index contributed by atoms with van der Waals surface area (Å²) in [6, 6.07) is 5.36. The number of carbonyl (C=O) groups excluding carboxylic acids is 2. The van der Waals surface area contributed by atoms with Crippen LogP contribution in [0.5, 0.6) is 0 Å². The minimum Gasteiger partial charge on any atom is -0.347 e. The summed E-state index contributed by atoms with van der Waals surface area (Å²) in [6.45, 7) is -0.618. The molecule has 208 valence electrons. The second kappa shape index (κ2) is 12.0. The molecular weight excluding hydrogens is 576 g/mol. The number of rotatable bonds is 8. The molecule has 3 nitrogen and oxygen atoms in total. The van der Waals surface area contributed by atoms with E-state index in [9.17, 15) is 49.1 Å². The zero-order valence-electron chi connectivity index (χ0n) is 19.2. The molecular formula is C24H18Cl2F9NO2. The number of halogens is 11. The number of benzene rings is 2. The van der Waals surface area contributed by atoms with E-state index in [0.717, 1.165) is 37.3 Å². The van der Waals surface area contributed by atoms with Crippen molar-refractivity contribution in [2.45, 2.75) is 37.8 Å². The fraction of sp³-hybridized carbons (Fsp3) is 0.333. The van der Waals surface area contributed by atoms with Gasteiger partial charge in [0.15, 0.2) is 5.78 Å². The molecule has 0 spiro atoms. The molecule has 14 heteroatoms. The first kappa shape index (κ1) is 31.5. The lowest BCUT2D eigenvalue weighted by Crippen LogP contribution is -2.37. The summed E-state index contributed by atoms with van der Waals surface area (Å²) in [5.41, 5.74) is -3.06. The standard InChI is InChI=1S/C24H18Cl2F9NO2/c1-12(21(38)36-11-22(27,28)29)6-20(37)17-4-2-13(7-19(17)24(33,34)35)3-5-18(23(30,31)32)14-8-15(25)10-16(26)9-14/h2-5,7-10,12,18H,6,11H2,1H3,(H,36,38)/b5-3+/t12-,18?/m0/s1. The molecule has 0 aromatic heterocycles. The number of allylic oxidation sites excluding steroid dienone is 1. The van der Waals surface area contributed by atoms with Crippen molar-refractivity contribution in [2.24, 2.45) is 5.92 Å². The average molecular weight is 594 g/mol. The first-order chi connectivity index (χ1) is 17.3. The highest BCUT2D eigenvalue weighted by atomic mass is 35.5. The van der Waals surface area contributed by atoms with Crippen molar-refractivity contribution in [3.63, 3.8) is 0 Å². The first-order valence-corrected chi connectivity index (χ1v) is 11.3. The summed E-state index contributed by atoms with van der Waals surface area (Å²) in [6.07, 6.45) is -14.1. The van der Waals surface area contributed by atoms with Crippen molar-refractivity contribution in [3.05, 3.63) is 74.8 Å². The molecule has 1 N–H and O–H groups in total. The molecule has 0 fully saturated rings. The van der Waals surface area contributed by atoms with Gasteiger partial charge in [0.05, 0.1) is 11.5 Å². The van der Waals surface area contributed by atoms with Crippen LogP contribution in [0, 0.1) is 5.92 Å². The molecule has 0 aliphatic rings. The minimum atomic E-state index is -5.11. The van der Waals surface area contributed by atoms with E-state index in [1.807, 2.05) is 0 Å². The number of amides is 1. The highest BCUT2D eigenvalue weighted by Gasteiger charge is 2.40. The summed E-state index contributed by atoms with van der Waals surface area (Å²) in [4.78, 5) is 24.3. The van der Waals surface area contributed by atoms with Gasteiger partial charge in [0.2, 0.25) is 5.91 Å². The number of nitrogens with one attached hydrogen (secondary N) is 1. The first-order valence-electron chi connectivity index (χ1n) is 10.6. The monoisotopic (exact) mass is 593 g/mol. The molecule has 1 unspecified atom stereocenters. The van der Waals surface area contributed by atoms with E-state index in [1.165, 1.54) is 11.4 Å². The van der Waals surface area contributed by atoms with Crippen molar-refractivity contribution in [2.75, 3.05) is 6.54 Å². The minimum absolute atomic E-state index is 0.0845. The molecule has 0 aliphatic heterocycles. The van der Waals surface area contributed by atoms with E-state index in [1.54, 1.807) is 0 Å². The van der Waals surface area contributed by atoms with Gasteiger partial charge in [-0.2, -0.15) is 39.5 Å². The van der Waals surface area contributed by atoms with Crippen LogP contribution in [0.15, 0.2) is 42.5 Å². The fourth-order valence-corrected chi connectivity index (χ4v) is 3.90. The van der Waals surface area contributed by atoms with Gasteiger partial charge in [-0.05, 0) is 35.4 Å². The molecule has 0 aliphatic carbocycles.